The predicted molar refractivity (Wildman–Crippen MR) is 67.9 cm³/mol. The third kappa shape index (κ3) is 7.96. The number of carbonyl (C=O) groups is 3. The number of hydrogen-bond donors (Lipinski definition) is 3. The van der Waals surface area contributed by atoms with Gasteiger partial charge in [0.2, 0.25) is 0 Å². The molecule has 0 aromatic heterocycles. The fourth-order valence-corrected chi connectivity index (χ4v) is 1.92. The largest absolute Gasteiger partial charge is 0.481 e. The fraction of sp³-hybridized carbons (Fsp3) is 0.615. The molecule has 0 spiro atoms. The normalized spacial score (nSPS) is 11.6. The molecule has 0 amide bonds. The van der Waals surface area contributed by atoms with Crippen LogP contribution in [-0.4, -0.2) is 33.2 Å². The van der Waals surface area contributed by atoms with Crippen molar-refractivity contribution in [3.8, 4) is 0 Å². The van der Waals surface area contributed by atoms with Crippen molar-refractivity contribution in [2.24, 2.45) is 5.41 Å². The zero-order valence-electron chi connectivity index (χ0n) is 11.0. The molecule has 0 saturated heterocycles. The van der Waals surface area contributed by atoms with Crippen LogP contribution in [0, 0.1) is 5.41 Å². The molecule has 3 N–H and O–H groups in total. The van der Waals surface area contributed by atoms with Crippen molar-refractivity contribution in [2.75, 3.05) is 0 Å². The van der Waals surface area contributed by atoms with E-state index in [1.54, 1.807) is 6.08 Å². The lowest BCUT2D eigenvalue weighted by molar-refractivity contribution is -0.145. The number of aliphatic carboxylic acids is 3. The maximum absolute atomic E-state index is 10.8. The fourth-order valence-electron chi connectivity index (χ4n) is 1.92. The van der Waals surface area contributed by atoms with Crippen molar-refractivity contribution in [2.45, 2.75) is 45.4 Å². The first-order valence-electron chi connectivity index (χ1n) is 6.14. The first kappa shape index (κ1) is 17.2. The molecule has 0 aromatic carbocycles. The van der Waals surface area contributed by atoms with E-state index in [9.17, 15) is 14.4 Å². The molecule has 0 aliphatic heterocycles. The molecule has 6 heteroatoms. The van der Waals surface area contributed by atoms with Gasteiger partial charge in [0.25, 0.3) is 0 Å². The lowest BCUT2D eigenvalue weighted by Crippen LogP contribution is -2.28. The van der Waals surface area contributed by atoms with Crippen LogP contribution >= 0.6 is 0 Å². The van der Waals surface area contributed by atoms with Gasteiger partial charge >= 0.3 is 17.9 Å². The van der Waals surface area contributed by atoms with E-state index in [0.717, 1.165) is 12.8 Å². The summed E-state index contributed by atoms with van der Waals surface area (Å²) in [5, 5.41) is 26.6. The lowest BCUT2D eigenvalue weighted by atomic mass is 9.77. The zero-order valence-corrected chi connectivity index (χ0v) is 11.0. The molecule has 0 bridgehead atoms. The molecule has 0 rings (SSSR count). The van der Waals surface area contributed by atoms with Crippen LogP contribution in [0.4, 0.5) is 0 Å². The Morgan fingerprint density at radius 2 is 1.37 bits per heavy atom. The molecule has 0 unspecified atom stereocenters. The van der Waals surface area contributed by atoms with Crippen LogP contribution in [0.25, 0.3) is 0 Å². The van der Waals surface area contributed by atoms with Gasteiger partial charge in [0.15, 0.2) is 0 Å². The van der Waals surface area contributed by atoms with Crippen molar-refractivity contribution < 1.29 is 29.7 Å². The third-order valence-corrected chi connectivity index (χ3v) is 2.71. The number of carboxylic acid groups (broad SMARTS) is 3. The Morgan fingerprint density at radius 1 is 0.947 bits per heavy atom. The Balaban J connectivity index is 5.08. The van der Waals surface area contributed by atoms with E-state index in [4.69, 9.17) is 15.3 Å². The van der Waals surface area contributed by atoms with Crippen molar-refractivity contribution in [1.82, 2.24) is 0 Å². The molecule has 19 heavy (non-hydrogen) atoms. The number of allylic oxidation sites excluding steroid dienone is 2. The van der Waals surface area contributed by atoms with Crippen LogP contribution in [-0.2, 0) is 14.4 Å². The topological polar surface area (TPSA) is 112 Å². The minimum Gasteiger partial charge on any atom is -0.481 e. The van der Waals surface area contributed by atoms with Crippen LogP contribution in [0.3, 0.4) is 0 Å². The Hall–Kier alpha value is -1.85. The van der Waals surface area contributed by atoms with Gasteiger partial charge in [-0.1, -0.05) is 31.9 Å². The molecule has 108 valence electrons. The number of hydrogen-bond acceptors (Lipinski definition) is 3. The molecule has 0 radical (unpaired) electrons. The summed E-state index contributed by atoms with van der Waals surface area (Å²) in [7, 11) is 0. The molecule has 0 heterocycles. The van der Waals surface area contributed by atoms with Gasteiger partial charge in [-0.25, -0.2) is 0 Å². The average Bonchev–Trinajstić information content (AvgIpc) is 2.21. The highest BCUT2D eigenvalue weighted by molar-refractivity contribution is 5.76. The predicted octanol–water partition coefficient (Wildman–Crippen LogP) is 2.14. The standard InChI is InChI=1S/C13H20O6/c1-2-3-4-5-6-13(7-10(14)15,8-11(16)17)9-12(18)19/h5-6H,2-4,7-9H2,1H3,(H,14,15)(H,16,17)(H,18,19). The van der Waals surface area contributed by atoms with Crippen LogP contribution in [0.1, 0.15) is 45.4 Å². The van der Waals surface area contributed by atoms with Gasteiger partial charge in [-0.3, -0.25) is 14.4 Å². The van der Waals surface area contributed by atoms with E-state index in [0.29, 0.717) is 6.42 Å². The van der Waals surface area contributed by atoms with Gasteiger partial charge in [0.05, 0.1) is 19.3 Å². The van der Waals surface area contributed by atoms with Crippen molar-refractivity contribution in [3.63, 3.8) is 0 Å². The van der Waals surface area contributed by atoms with Crippen LogP contribution in [0.15, 0.2) is 12.2 Å². The second-order valence-electron chi connectivity index (χ2n) is 4.62. The molecular weight excluding hydrogens is 252 g/mol. The Kier molecular flexibility index (Phi) is 7.48. The Labute approximate surface area is 111 Å². The number of unbranched alkanes of at least 4 members (excludes halogenated alkanes) is 2. The van der Waals surface area contributed by atoms with Gasteiger partial charge in [0.1, 0.15) is 0 Å². The van der Waals surface area contributed by atoms with Gasteiger partial charge in [-0.15, -0.1) is 0 Å². The lowest BCUT2D eigenvalue weighted by Gasteiger charge is -2.25. The highest BCUT2D eigenvalue weighted by Crippen LogP contribution is 2.33. The summed E-state index contributed by atoms with van der Waals surface area (Å²) in [4.78, 5) is 32.5. The monoisotopic (exact) mass is 272 g/mol. The molecule has 0 fully saturated rings. The van der Waals surface area contributed by atoms with E-state index in [1.165, 1.54) is 6.08 Å². The van der Waals surface area contributed by atoms with Crippen LogP contribution in [0.2, 0.25) is 0 Å². The molecule has 0 aliphatic rings. The number of carboxylic acids is 3. The maximum atomic E-state index is 10.8. The highest BCUT2D eigenvalue weighted by Gasteiger charge is 2.35. The maximum Gasteiger partial charge on any atom is 0.304 e. The van der Waals surface area contributed by atoms with E-state index in [-0.39, 0.29) is 0 Å². The van der Waals surface area contributed by atoms with E-state index >= 15 is 0 Å². The molecule has 0 atom stereocenters. The summed E-state index contributed by atoms with van der Waals surface area (Å²) >= 11 is 0. The molecule has 0 aromatic rings. The summed E-state index contributed by atoms with van der Waals surface area (Å²) < 4.78 is 0. The second-order valence-corrected chi connectivity index (χ2v) is 4.62. The Bertz CT molecular complexity index is 317. The summed E-state index contributed by atoms with van der Waals surface area (Å²) in [6.07, 6.45) is 4.12. The van der Waals surface area contributed by atoms with Gasteiger partial charge in [-0.2, -0.15) is 0 Å². The van der Waals surface area contributed by atoms with Crippen LogP contribution in [0.5, 0.6) is 0 Å². The smallest absolute Gasteiger partial charge is 0.304 e. The third-order valence-electron chi connectivity index (χ3n) is 2.71. The summed E-state index contributed by atoms with van der Waals surface area (Å²) in [5.74, 6) is -3.62. The SMILES string of the molecule is CCCCC=CC(CC(=O)O)(CC(=O)O)CC(=O)O. The molecular formula is C13H20O6. The molecule has 0 saturated carbocycles. The Morgan fingerprint density at radius 3 is 1.68 bits per heavy atom. The number of rotatable bonds is 10. The van der Waals surface area contributed by atoms with Crippen molar-refractivity contribution >= 4 is 17.9 Å². The minimum atomic E-state index is -1.36. The van der Waals surface area contributed by atoms with E-state index < -0.39 is 42.6 Å². The van der Waals surface area contributed by atoms with Crippen molar-refractivity contribution in [3.05, 3.63) is 12.2 Å². The van der Waals surface area contributed by atoms with E-state index in [2.05, 4.69) is 0 Å². The summed E-state index contributed by atoms with van der Waals surface area (Å²) in [6.45, 7) is 1.99. The van der Waals surface area contributed by atoms with Gasteiger partial charge in [0, 0.05) is 5.41 Å². The first-order valence-corrected chi connectivity index (χ1v) is 6.14. The van der Waals surface area contributed by atoms with Gasteiger partial charge in [-0.05, 0) is 6.42 Å². The van der Waals surface area contributed by atoms with Crippen LogP contribution < -0.4 is 0 Å². The van der Waals surface area contributed by atoms with E-state index in [1.807, 2.05) is 6.92 Å². The van der Waals surface area contributed by atoms with Gasteiger partial charge < -0.3 is 15.3 Å². The highest BCUT2D eigenvalue weighted by atomic mass is 16.4. The molecule has 6 nitrogen and oxygen atoms in total. The van der Waals surface area contributed by atoms with Crippen molar-refractivity contribution in [1.29, 1.82) is 0 Å². The average molecular weight is 272 g/mol. The quantitative estimate of drug-likeness (QED) is 0.415. The summed E-state index contributed by atoms with van der Waals surface area (Å²) in [6, 6.07) is 0. The zero-order chi connectivity index (χ0) is 14.9. The summed E-state index contributed by atoms with van der Waals surface area (Å²) in [5.41, 5.74) is -1.36. The first-order chi connectivity index (χ1) is 8.81. The minimum absolute atomic E-state index is 0.506. The second kappa shape index (κ2) is 8.29. The molecule has 0 aliphatic carbocycles.